The number of nitrogens with one attached hydrogen (secondary N) is 1. The Kier molecular flexibility index (Phi) is 5.50. The van der Waals surface area contributed by atoms with Crippen molar-refractivity contribution >= 4 is 0 Å². The molecule has 0 radical (unpaired) electrons. The Bertz CT molecular complexity index is 546. The number of hydrogen-bond donors (Lipinski definition) is 1. The fourth-order valence-corrected chi connectivity index (χ4v) is 1.81. The number of hydrogen-bond acceptors (Lipinski definition) is 3. The van der Waals surface area contributed by atoms with E-state index in [0.717, 1.165) is 18.7 Å². The smallest absolute Gasteiger partial charge is 0.129 e. The first kappa shape index (κ1) is 14.5. The van der Waals surface area contributed by atoms with Gasteiger partial charge in [-0.05, 0) is 25.1 Å². The molecule has 0 atom stereocenters. The van der Waals surface area contributed by atoms with Crippen molar-refractivity contribution in [2.24, 2.45) is 0 Å². The lowest BCUT2D eigenvalue weighted by molar-refractivity contribution is 0.299. The van der Waals surface area contributed by atoms with Gasteiger partial charge in [0.05, 0.1) is 5.69 Å². The summed E-state index contributed by atoms with van der Waals surface area (Å²) in [5.74, 6) is 0.461. The molecule has 3 nitrogen and oxygen atoms in total. The highest BCUT2D eigenvalue weighted by Crippen LogP contribution is 2.14. The van der Waals surface area contributed by atoms with Gasteiger partial charge in [-0.3, -0.25) is 4.98 Å². The van der Waals surface area contributed by atoms with Crippen molar-refractivity contribution in [2.45, 2.75) is 26.5 Å². The molecule has 0 aliphatic carbocycles. The van der Waals surface area contributed by atoms with E-state index in [2.05, 4.69) is 17.2 Å². The summed E-state index contributed by atoms with van der Waals surface area (Å²) in [6, 6.07) is 10.3. The number of pyridine rings is 1. The maximum absolute atomic E-state index is 13.5. The summed E-state index contributed by atoms with van der Waals surface area (Å²) >= 11 is 0. The van der Waals surface area contributed by atoms with Crippen LogP contribution in [0.1, 0.15) is 24.6 Å². The average molecular weight is 274 g/mol. The molecule has 1 aromatic carbocycles. The molecule has 2 rings (SSSR count). The van der Waals surface area contributed by atoms with E-state index in [9.17, 15) is 4.39 Å². The summed E-state index contributed by atoms with van der Waals surface area (Å²) in [6.45, 7) is 4.01. The largest absolute Gasteiger partial charge is 0.489 e. The minimum Gasteiger partial charge on any atom is -0.489 e. The lowest BCUT2D eigenvalue weighted by Gasteiger charge is -2.08. The lowest BCUT2D eigenvalue weighted by atomic mass is 10.2. The van der Waals surface area contributed by atoms with Gasteiger partial charge in [-0.15, -0.1) is 0 Å². The third-order valence-corrected chi connectivity index (χ3v) is 2.87. The Morgan fingerprint density at radius 2 is 2.10 bits per heavy atom. The highest BCUT2D eigenvalue weighted by atomic mass is 19.1. The fourth-order valence-electron chi connectivity index (χ4n) is 1.81. The van der Waals surface area contributed by atoms with Gasteiger partial charge in [-0.1, -0.05) is 25.1 Å². The van der Waals surface area contributed by atoms with Crippen LogP contribution < -0.4 is 10.1 Å². The van der Waals surface area contributed by atoms with Crippen LogP contribution in [0, 0.1) is 5.82 Å². The van der Waals surface area contributed by atoms with E-state index in [1.807, 2.05) is 6.07 Å². The van der Waals surface area contributed by atoms with Crippen LogP contribution >= 0.6 is 0 Å². The first-order valence-electron chi connectivity index (χ1n) is 6.81. The van der Waals surface area contributed by atoms with Crippen molar-refractivity contribution in [3.8, 4) is 5.75 Å². The molecule has 106 valence electrons. The van der Waals surface area contributed by atoms with Crippen LogP contribution in [0.3, 0.4) is 0 Å². The van der Waals surface area contributed by atoms with E-state index in [1.165, 1.54) is 6.07 Å². The molecule has 0 fully saturated rings. The van der Waals surface area contributed by atoms with E-state index >= 15 is 0 Å². The molecular formula is C16H19FN2O. The zero-order valence-corrected chi connectivity index (χ0v) is 11.6. The topological polar surface area (TPSA) is 34.1 Å². The second-order valence-corrected chi connectivity index (χ2v) is 4.54. The van der Waals surface area contributed by atoms with Gasteiger partial charge in [0, 0.05) is 24.4 Å². The number of halogens is 1. The molecule has 0 amide bonds. The van der Waals surface area contributed by atoms with Crippen molar-refractivity contribution in [3.05, 3.63) is 59.7 Å². The zero-order valence-electron chi connectivity index (χ0n) is 11.6. The van der Waals surface area contributed by atoms with Crippen LogP contribution in [0.5, 0.6) is 5.75 Å². The number of rotatable bonds is 7. The normalized spacial score (nSPS) is 10.5. The molecule has 20 heavy (non-hydrogen) atoms. The maximum atomic E-state index is 13.5. The second-order valence-electron chi connectivity index (χ2n) is 4.54. The predicted octanol–water partition coefficient (Wildman–Crippen LogP) is 3.30. The molecule has 2 aromatic rings. The average Bonchev–Trinajstić information content (AvgIpc) is 2.47. The van der Waals surface area contributed by atoms with Crippen molar-refractivity contribution < 1.29 is 9.13 Å². The molecule has 0 saturated heterocycles. The maximum Gasteiger partial charge on any atom is 0.129 e. The van der Waals surface area contributed by atoms with Gasteiger partial charge in [0.2, 0.25) is 0 Å². The van der Waals surface area contributed by atoms with Gasteiger partial charge in [-0.25, -0.2) is 4.39 Å². The van der Waals surface area contributed by atoms with E-state index in [-0.39, 0.29) is 12.4 Å². The summed E-state index contributed by atoms with van der Waals surface area (Å²) < 4.78 is 19.1. The van der Waals surface area contributed by atoms with Gasteiger partial charge in [0.1, 0.15) is 18.2 Å². The highest BCUT2D eigenvalue weighted by Gasteiger charge is 2.03. The van der Waals surface area contributed by atoms with Crippen molar-refractivity contribution in [1.82, 2.24) is 10.3 Å². The van der Waals surface area contributed by atoms with E-state index in [1.54, 1.807) is 30.5 Å². The molecule has 4 heteroatoms. The Hall–Kier alpha value is -1.94. The summed E-state index contributed by atoms with van der Waals surface area (Å²) in [4.78, 5) is 4.27. The van der Waals surface area contributed by atoms with Crippen LogP contribution in [-0.2, 0) is 13.2 Å². The van der Waals surface area contributed by atoms with Crippen molar-refractivity contribution in [1.29, 1.82) is 0 Å². The monoisotopic (exact) mass is 274 g/mol. The first-order chi connectivity index (χ1) is 9.79. The molecule has 0 aliphatic heterocycles. The molecule has 0 unspecified atom stereocenters. The number of ether oxygens (including phenoxy) is 1. The van der Waals surface area contributed by atoms with Gasteiger partial charge in [-0.2, -0.15) is 0 Å². The van der Waals surface area contributed by atoms with E-state index in [0.29, 0.717) is 17.9 Å². The summed E-state index contributed by atoms with van der Waals surface area (Å²) in [5, 5.41) is 3.28. The highest BCUT2D eigenvalue weighted by molar-refractivity contribution is 5.24. The summed E-state index contributed by atoms with van der Waals surface area (Å²) in [7, 11) is 0. The Morgan fingerprint density at radius 3 is 2.90 bits per heavy atom. The molecule has 1 heterocycles. The zero-order chi connectivity index (χ0) is 14.2. The SMILES string of the molecule is CCCNCc1cc(OCc2ccccc2F)ccn1. The summed E-state index contributed by atoms with van der Waals surface area (Å²) in [6.07, 6.45) is 2.79. The number of benzene rings is 1. The Labute approximate surface area is 118 Å². The first-order valence-corrected chi connectivity index (χ1v) is 6.81. The van der Waals surface area contributed by atoms with Crippen LogP contribution in [0.25, 0.3) is 0 Å². The Morgan fingerprint density at radius 1 is 1.25 bits per heavy atom. The van der Waals surface area contributed by atoms with Gasteiger partial charge in [0.25, 0.3) is 0 Å². The van der Waals surface area contributed by atoms with Crippen LogP contribution in [0.15, 0.2) is 42.6 Å². The molecule has 0 saturated carbocycles. The number of aromatic nitrogens is 1. The molecule has 1 aromatic heterocycles. The van der Waals surface area contributed by atoms with E-state index in [4.69, 9.17) is 4.74 Å². The number of nitrogens with zero attached hydrogens (tertiary/aromatic N) is 1. The van der Waals surface area contributed by atoms with Gasteiger partial charge >= 0.3 is 0 Å². The minimum atomic E-state index is -0.244. The summed E-state index contributed by atoms with van der Waals surface area (Å²) in [5.41, 5.74) is 1.47. The third-order valence-electron chi connectivity index (χ3n) is 2.87. The van der Waals surface area contributed by atoms with Crippen LogP contribution in [0.2, 0.25) is 0 Å². The quantitative estimate of drug-likeness (QED) is 0.787. The molecule has 0 aliphatic rings. The molecule has 0 bridgehead atoms. The molecule has 1 N–H and O–H groups in total. The van der Waals surface area contributed by atoms with Crippen molar-refractivity contribution in [2.75, 3.05) is 6.54 Å². The fraction of sp³-hybridized carbons (Fsp3) is 0.312. The lowest BCUT2D eigenvalue weighted by Crippen LogP contribution is -2.14. The van der Waals surface area contributed by atoms with Crippen LogP contribution in [-0.4, -0.2) is 11.5 Å². The Balaban J connectivity index is 1.93. The van der Waals surface area contributed by atoms with Gasteiger partial charge < -0.3 is 10.1 Å². The second kappa shape index (κ2) is 7.60. The third kappa shape index (κ3) is 4.31. The predicted molar refractivity (Wildman–Crippen MR) is 77.0 cm³/mol. The standard InChI is InChI=1S/C16H19FN2O/c1-2-8-18-11-14-10-15(7-9-19-14)20-12-13-5-3-4-6-16(13)17/h3-7,9-10,18H,2,8,11-12H2,1H3. The van der Waals surface area contributed by atoms with Gasteiger partial charge in [0.15, 0.2) is 0 Å². The van der Waals surface area contributed by atoms with Crippen molar-refractivity contribution in [3.63, 3.8) is 0 Å². The van der Waals surface area contributed by atoms with E-state index < -0.39 is 0 Å². The molecular weight excluding hydrogens is 255 g/mol. The molecule has 0 spiro atoms. The minimum absolute atomic E-state index is 0.221. The van der Waals surface area contributed by atoms with Crippen LogP contribution in [0.4, 0.5) is 4.39 Å².